The highest BCUT2D eigenvalue weighted by Crippen LogP contribution is 2.09. The monoisotopic (exact) mass is 266 g/mol. The Morgan fingerprint density at radius 2 is 2.21 bits per heavy atom. The summed E-state index contributed by atoms with van der Waals surface area (Å²) in [7, 11) is 1.65. The second kappa shape index (κ2) is 6.63. The van der Waals surface area contributed by atoms with E-state index in [1.54, 1.807) is 19.2 Å². The molecule has 2 N–H and O–H groups in total. The largest absolute Gasteiger partial charge is 0.380 e. The number of carbonyl (C=O) groups is 1. The zero-order chi connectivity index (χ0) is 13.7. The standard InChI is InChI=1S/C14H19FN2O2/c1-19-12-8-13(17-9-12)14(18)16-7-6-10-2-4-11(15)5-3-10/h2-5,12-13,17H,6-9H2,1H3,(H,16,18). The molecule has 4 nitrogen and oxygen atoms in total. The van der Waals surface area contributed by atoms with E-state index >= 15 is 0 Å². The molecule has 2 unspecified atom stereocenters. The van der Waals surface area contributed by atoms with Crippen LogP contribution >= 0.6 is 0 Å². The van der Waals surface area contributed by atoms with Crippen LogP contribution in [0.5, 0.6) is 0 Å². The van der Waals surface area contributed by atoms with Crippen LogP contribution in [0.1, 0.15) is 12.0 Å². The molecule has 1 aliphatic heterocycles. The predicted molar refractivity (Wildman–Crippen MR) is 70.3 cm³/mol. The van der Waals surface area contributed by atoms with Crippen molar-refractivity contribution in [1.29, 1.82) is 0 Å². The minimum Gasteiger partial charge on any atom is -0.380 e. The molecule has 1 amide bonds. The molecule has 19 heavy (non-hydrogen) atoms. The van der Waals surface area contributed by atoms with Crippen LogP contribution in [-0.2, 0) is 16.0 Å². The van der Waals surface area contributed by atoms with Crippen LogP contribution in [0.15, 0.2) is 24.3 Å². The van der Waals surface area contributed by atoms with E-state index in [2.05, 4.69) is 10.6 Å². The van der Waals surface area contributed by atoms with Gasteiger partial charge in [0, 0.05) is 20.2 Å². The first kappa shape index (κ1) is 14.0. The van der Waals surface area contributed by atoms with Crippen LogP contribution < -0.4 is 10.6 Å². The number of ether oxygens (including phenoxy) is 1. The number of amides is 1. The predicted octanol–water partition coefficient (Wildman–Crippen LogP) is 0.861. The average Bonchev–Trinajstić information content (AvgIpc) is 2.90. The van der Waals surface area contributed by atoms with Crippen molar-refractivity contribution in [2.75, 3.05) is 20.2 Å². The first-order chi connectivity index (χ1) is 9.19. The molecule has 1 aromatic rings. The summed E-state index contributed by atoms with van der Waals surface area (Å²) < 4.78 is 17.9. The van der Waals surface area contributed by atoms with Gasteiger partial charge in [-0.1, -0.05) is 12.1 Å². The van der Waals surface area contributed by atoms with Crippen LogP contribution in [0.25, 0.3) is 0 Å². The van der Waals surface area contributed by atoms with E-state index in [0.29, 0.717) is 25.9 Å². The average molecular weight is 266 g/mol. The summed E-state index contributed by atoms with van der Waals surface area (Å²) >= 11 is 0. The highest BCUT2D eigenvalue weighted by atomic mass is 19.1. The van der Waals surface area contributed by atoms with E-state index in [-0.39, 0.29) is 23.9 Å². The van der Waals surface area contributed by atoms with Gasteiger partial charge in [-0.05, 0) is 30.5 Å². The first-order valence-electron chi connectivity index (χ1n) is 6.47. The third kappa shape index (κ3) is 4.01. The maximum atomic E-state index is 12.7. The molecular formula is C14H19FN2O2. The van der Waals surface area contributed by atoms with Crippen molar-refractivity contribution in [2.45, 2.75) is 25.0 Å². The van der Waals surface area contributed by atoms with Crippen LogP contribution in [0.4, 0.5) is 4.39 Å². The Morgan fingerprint density at radius 1 is 1.47 bits per heavy atom. The Hall–Kier alpha value is -1.46. The van der Waals surface area contributed by atoms with Gasteiger partial charge in [-0.25, -0.2) is 4.39 Å². The fourth-order valence-electron chi connectivity index (χ4n) is 2.19. The summed E-state index contributed by atoms with van der Waals surface area (Å²) in [5.74, 6) is -0.241. The molecule has 1 fully saturated rings. The SMILES string of the molecule is COC1CNC(C(=O)NCCc2ccc(F)cc2)C1. The lowest BCUT2D eigenvalue weighted by Crippen LogP contribution is -2.41. The van der Waals surface area contributed by atoms with Crippen LogP contribution in [-0.4, -0.2) is 38.3 Å². The molecule has 1 aliphatic rings. The van der Waals surface area contributed by atoms with E-state index in [9.17, 15) is 9.18 Å². The molecule has 0 saturated carbocycles. The molecule has 1 heterocycles. The number of rotatable bonds is 5. The molecule has 0 spiro atoms. The van der Waals surface area contributed by atoms with Crippen LogP contribution in [0.2, 0.25) is 0 Å². The quantitative estimate of drug-likeness (QED) is 0.831. The molecule has 2 atom stereocenters. The number of carbonyl (C=O) groups excluding carboxylic acids is 1. The van der Waals surface area contributed by atoms with Gasteiger partial charge in [-0.2, -0.15) is 0 Å². The first-order valence-corrected chi connectivity index (χ1v) is 6.47. The number of methoxy groups -OCH3 is 1. The van der Waals surface area contributed by atoms with Gasteiger partial charge < -0.3 is 15.4 Å². The molecule has 0 bridgehead atoms. The Bertz CT molecular complexity index is 422. The highest BCUT2D eigenvalue weighted by molar-refractivity contribution is 5.82. The Balaban J connectivity index is 1.71. The summed E-state index contributed by atoms with van der Waals surface area (Å²) in [4.78, 5) is 11.9. The van der Waals surface area contributed by atoms with Crippen molar-refractivity contribution in [2.24, 2.45) is 0 Å². The third-order valence-electron chi connectivity index (χ3n) is 3.37. The summed E-state index contributed by atoms with van der Waals surface area (Å²) in [5.41, 5.74) is 1.01. The number of nitrogens with one attached hydrogen (secondary N) is 2. The molecule has 0 radical (unpaired) electrons. The zero-order valence-electron chi connectivity index (χ0n) is 11.0. The molecular weight excluding hydrogens is 247 g/mol. The smallest absolute Gasteiger partial charge is 0.237 e. The number of hydrogen-bond acceptors (Lipinski definition) is 3. The van der Waals surface area contributed by atoms with Crippen LogP contribution in [0.3, 0.4) is 0 Å². The molecule has 0 aliphatic carbocycles. The second-order valence-corrected chi connectivity index (χ2v) is 4.72. The van der Waals surface area contributed by atoms with E-state index in [1.165, 1.54) is 12.1 Å². The Morgan fingerprint density at radius 3 is 2.84 bits per heavy atom. The number of benzene rings is 1. The molecule has 1 saturated heterocycles. The second-order valence-electron chi connectivity index (χ2n) is 4.72. The lowest BCUT2D eigenvalue weighted by Gasteiger charge is -2.11. The normalized spacial score (nSPS) is 22.4. The van der Waals surface area contributed by atoms with Gasteiger partial charge in [0.15, 0.2) is 0 Å². The fourth-order valence-corrected chi connectivity index (χ4v) is 2.19. The molecule has 0 aromatic heterocycles. The van der Waals surface area contributed by atoms with Gasteiger partial charge in [0.2, 0.25) is 5.91 Å². The van der Waals surface area contributed by atoms with Crippen molar-refractivity contribution in [3.63, 3.8) is 0 Å². The summed E-state index contributed by atoms with van der Waals surface area (Å²) in [5, 5.41) is 6.01. The molecule has 2 rings (SSSR count). The summed E-state index contributed by atoms with van der Waals surface area (Å²) in [6, 6.07) is 6.16. The summed E-state index contributed by atoms with van der Waals surface area (Å²) in [6.07, 6.45) is 1.53. The van der Waals surface area contributed by atoms with Gasteiger partial charge in [0.25, 0.3) is 0 Å². The van der Waals surface area contributed by atoms with E-state index in [4.69, 9.17) is 4.74 Å². The van der Waals surface area contributed by atoms with E-state index < -0.39 is 0 Å². The Labute approximate surface area is 112 Å². The van der Waals surface area contributed by atoms with E-state index in [1.807, 2.05) is 0 Å². The minimum atomic E-state index is -0.242. The molecule has 5 heteroatoms. The number of halogens is 1. The van der Waals surface area contributed by atoms with Crippen LogP contribution in [0, 0.1) is 5.82 Å². The lowest BCUT2D eigenvalue weighted by atomic mass is 10.1. The Kier molecular flexibility index (Phi) is 4.87. The van der Waals surface area contributed by atoms with Gasteiger partial charge in [0.05, 0.1) is 12.1 Å². The van der Waals surface area contributed by atoms with Gasteiger partial charge >= 0.3 is 0 Å². The zero-order valence-corrected chi connectivity index (χ0v) is 11.0. The van der Waals surface area contributed by atoms with Gasteiger partial charge in [-0.3, -0.25) is 4.79 Å². The minimum absolute atomic E-state index is 0.00154. The van der Waals surface area contributed by atoms with Crippen molar-refractivity contribution in [1.82, 2.24) is 10.6 Å². The molecule has 104 valence electrons. The van der Waals surface area contributed by atoms with Crippen molar-refractivity contribution in [3.8, 4) is 0 Å². The van der Waals surface area contributed by atoms with Gasteiger partial charge in [-0.15, -0.1) is 0 Å². The van der Waals surface area contributed by atoms with E-state index in [0.717, 1.165) is 5.56 Å². The highest BCUT2D eigenvalue weighted by Gasteiger charge is 2.28. The van der Waals surface area contributed by atoms with Gasteiger partial charge in [0.1, 0.15) is 5.82 Å². The van der Waals surface area contributed by atoms with Crippen molar-refractivity contribution in [3.05, 3.63) is 35.6 Å². The maximum Gasteiger partial charge on any atom is 0.237 e. The number of hydrogen-bond donors (Lipinski definition) is 2. The van der Waals surface area contributed by atoms with Crippen molar-refractivity contribution < 1.29 is 13.9 Å². The maximum absolute atomic E-state index is 12.7. The van der Waals surface area contributed by atoms with Crippen molar-refractivity contribution >= 4 is 5.91 Å². The summed E-state index contributed by atoms with van der Waals surface area (Å²) in [6.45, 7) is 1.27. The molecule has 1 aromatic carbocycles. The topological polar surface area (TPSA) is 50.4 Å². The fraction of sp³-hybridized carbons (Fsp3) is 0.500. The lowest BCUT2D eigenvalue weighted by molar-refractivity contribution is -0.122. The third-order valence-corrected chi connectivity index (χ3v) is 3.37.